The first-order valence-electron chi connectivity index (χ1n) is 6.43. The Morgan fingerprint density at radius 1 is 1.44 bits per heavy atom. The average Bonchev–Trinajstić information content (AvgIpc) is 2.82. The van der Waals surface area contributed by atoms with Crippen molar-refractivity contribution in [3.05, 3.63) is 18.2 Å². The number of hydrogen-bond acceptors (Lipinski definition) is 4. The van der Waals surface area contributed by atoms with Crippen LogP contribution in [0.5, 0.6) is 0 Å². The molecule has 1 aromatic rings. The van der Waals surface area contributed by atoms with Crippen molar-refractivity contribution in [2.45, 2.75) is 39.5 Å². The number of hydroxylamine groups is 2. The van der Waals surface area contributed by atoms with Crippen molar-refractivity contribution in [3.63, 3.8) is 0 Å². The molecule has 5 nitrogen and oxygen atoms in total. The maximum absolute atomic E-state index is 11.8. The molecule has 1 fully saturated rings. The zero-order chi connectivity index (χ0) is 13.2. The average molecular weight is 251 g/mol. The summed E-state index contributed by atoms with van der Waals surface area (Å²) in [6.45, 7) is 7.14. The number of hydrogen-bond donors (Lipinski definition) is 1. The molecule has 1 aliphatic heterocycles. The van der Waals surface area contributed by atoms with E-state index in [0.29, 0.717) is 5.92 Å². The number of imidazole rings is 1. The van der Waals surface area contributed by atoms with Crippen molar-refractivity contribution in [2.24, 2.45) is 5.41 Å². The number of carbonyl (C=O) groups excluding carboxylic acids is 1. The highest BCUT2D eigenvalue weighted by Gasteiger charge is 2.29. The van der Waals surface area contributed by atoms with Crippen LogP contribution in [0.4, 0.5) is 0 Å². The van der Waals surface area contributed by atoms with Crippen LogP contribution in [-0.4, -0.2) is 34.1 Å². The van der Waals surface area contributed by atoms with Crippen molar-refractivity contribution in [1.82, 2.24) is 15.0 Å². The number of aromatic amines is 1. The van der Waals surface area contributed by atoms with Crippen molar-refractivity contribution < 1.29 is 9.63 Å². The minimum atomic E-state index is -0.447. The molecule has 2 rings (SSSR count). The van der Waals surface area contributed by atoms with Crippen LogP contribution in [0.15, 0.2) is 12.4 Å². The van der Waals surface area contributed by atoms with Gasteiger partial charge < -0.3 is 9.82 Å². The van der Waals surface area contributed by atoms with Crippen LogP contribution in [0.2, 0.25) is 0 Å². The fourth-order valence-electron chi connectivity index (χ4n) is 1.98. The fraction of sp³-hybridized carbons (Fsp3) is 0.692. The van der Waals surface area contributed by atoms with Gasteiger partial charge in [-0.25, -0.2) is 9.78 Å². The van der Waals surface area contributed by atoms with E-state index in [4.69, 9.17) is 4.84 Å². The highest BCUT2D eigenvalue weighted by atomic mass is 16.7. The van der Waals surface area contributed by atoms with E-state index in [9.17, 15) is 4.79 Å². The summed E-state index contributed by atoms with van der Waals surface area (Å²) in [7, 11) is 0. The van der Waals surface area contributed by atoms with Gasteiger partial charge in [0.15, 0.2) is 0 Å². The molecule has 0 aliphatic carbocycles. The van der Waals surface area contributed by atoms with Gasteiger partial charge in [0.2, 0.25) is 0 Å². The number of H-pyrrole nitrogens is 1. The van der Waals surface area contributed by atoms with E-state index in [0.717, 1.165) is 31.8 Å². The van der Waals surface area contributed by atoms with Gasteiger partial charge >= 0.3 is 5.97 Å². The van der Waals surface area contributed by atoms with Crippen LogP contribution in [0.3, 0.4) is 0 Å². The Hall–Kier alpha value is -1.36. The molecule has 18 heavy (non-hydrogen) atoms. The normalized spacial score (nSPS) is 18.8. The number of piperidine rings is 1. The maximum Gasteiger partial charge on any atom is 0.330 e. The topological polar surface area (TPSA) is 58.2 Å². The Morgan fingerprint density at radius 2 is 2.11 bits per heavy atom. The molecule has 0 unspecified atom stereocenters. The number of nitrogens with zero attached hydrogens (tertiary/aromatic N) is 2. The summed E-state index contributed by atoms with van der Waals surface area (Å²) in [6.07, 6.45) is 5.55. The smallest absolute Gasteiger partial charge is 0.330 e. The molecule has 1 saturated heterocycles. The number of rotatable bonds is 2. The molecule has 0 spiro atoms. The highest BCUT2D eigenvalue weighted by Crippen LogP contribution is 2.26. The molecule has 5 heteroatoms. The quantitative estimate of drug-likeness (QED) is 0.874. The van der Waals surface area contributed by atoms with Gasteiger partial charge in [0.25, 0.3) is 0 Å². The SMILES string of the molecule is CC(C)(C)C(=O)ON1CCC(c2ncc[nH]2)CC1. The van der Waals surface area contributed by atoms with Gasteiger partial charge in [-0.1, -0.05) is 0 Å². The summed E-state index contributed by atoms with van der Waals surface area (Å²) < 4.78 is 0. The van der Waals surface area contributed by atoms with Crippen LogP contribution in [0.1, 0.15) is 45.4 Å². The number of carbonyl (C=O) groups is 1. The monoisotopic (exact) mass is 251 g/mol. The van der Waals surface area contributed by atoms with Crippen molar-refractivity contribution in [2.75, 3.05) is 13.1 Å². The molecule has 0 atom stereocenters. The van der Waals surface area contributed by atoms with Crippen LogP contribution >= 0.6 is 0 Å². The second-order valence-corrected chi connectivity index (χ2v) is 5.81. The predicted molar refractivity (Wildman–Crippen MR) is 67.7 cm³/mol. The van der Waals surface area contributed by atoms with Crippen molar-refractivity contribution in [3.8, 4) is 0 Å². The molecular weight excluding hydrogens is 230 g/mol. The third-order valence-electron chi connectivity index (χ3n) is 3.18. The molecule has 0 radical (unpaired) electrons. The van der Waals surface area contributed by atoms with Gasteiger partial charge in [-0.15, -0.1) is 5.06 Å². The number of aromatic nitrogens is 2. The van der Waals surface area contributed by atoms with Crippen LogP contribution < -0.4 is 0 Å². The summed E-state index contributed by atoms with van der Waals surface area (Å²) in [5.74, 6) is 1.32. The summed E-state index contributed by atoms with van der Waals surface area (Å²) in [5.41, 5.74) is -0.447. The van der Waals surface area contributed by atoms with E-state index >= 15 is 0 Å². The zero-order valence-corrected chi connectivity index (χ0v) is 11.3. The lowest BCUT2D eigenvalue weighted by Crippen LogP contribution is -2.38. The lowest BCUT2D eigenvalue weighted by molar-refractivity contribution is -0.204. The minimum absolute atomic E-state index is 0.168. The van der Waals surface area contributed by atoms with E-state index in [1.807, 2.05) is 27.0 Å². The van der Waals surface area contributed by atoms with E-state index < -0.39 is 5.41 Å². The Bertz CT molecular complexity index is 387. The van der Waals surface area contributed by atoms with Gasteiger partial charge in [0.05, 0.1) is 5.41 Å². The Morgan fingerprint density at radius 3 is 2.61 bits per heavy atom. The van der Waals surface area contributed by atoms with Crippen molar-refractivity contribution in [1.29, 1.82) is 0 Å². The third kappa shape index (κ3) is 3.10. The predicted octanol–water partition coefficient (Wildman–Crippen LogP) is 2.09. The Balaban J connectivity index is 1.82. The van der Waals surface area contributed by atoms with Gasteiger partial charge in [-0.2, -0.15) is 0 Å². The Labute approximate surface area is 107 Å². The van der Waals surface area contributed by atoms with Gasteiger partial charge in [0.1, 0.15) is 5.82 Å². The molecular formula is C13H21N3O2. The first-order valence-corrected chi connectivity index (χ1v) is 6.43. The molecule has 2 heterocycles. The molecule has 0 amide bonds. The largest absolute Gasteiger partial charge is 0.367 e. The third-order valence-corrected chi connectivity index (χ3v) is 3.18. The van der Waals surface area contributed by atoms with E-state index in [2.05, 4.69) is 9.97 Å². The summed E-state index contributed by atoms with van der Waals surface area (Å²) in [6, 6.07) is 0. The lowest BCUT2D eigenvalue weighted by atomic mass is 9.97. The Kier molecular flexibility index (Phi) is 3.71. The number of nitrogens with one attached hydrogen (secondary N) is 1. The zero-order valence-electron chi connectivity index (χ0n) is 11.3. The standard InChI is InChI=1S/C13H21N3O2/c1-13(2,3)12(17)18-16-8-4-10(5-9-16)11-14-6-7-15-11/h6-7,10H,4-5,8-9H2,1-3H3,(H,14,15). The van der Waals surface area contributed by atoms with Gasteiger partial charge in [-0.3, -0.25) is 0 Å². The van der Waals surface area contributed by atoms with Gasteiger partial charge in [-0.05, 0) is 33.6 Å². The second-order valence-electron chi connectivity index (χ2n) is 5.81. The molecule has 0 bridgehead atoms. The molecule has 1 aliphatic rings. The fourth-order valence-corrected chi connectivity index (χ4v) is 1.98. The highest BCUT2D eigenvalue weighted by molar-refractivity contribution is 5.75. The van der Waals surface area contributed by atoms with Gasteiger partial charge in [0, 0.05) is 31.4 Å². The molecule has 0 aromatic carbocycles. The van der Waals surface area contributed by atoms with E-state index in [1.54, 1.807) is 11.3 Å². The lowest BCUT2D eigenvalue weighted by Gasteiger charge is -2.31. The first-order chi connectivity index (χ1) is 8.47. The molecule has 0 saturated carbocycles. The van der Waals surface area contributed by atoms with Crippen LogP contribution in [-0.2, 0) is 9.63 Å². The first kappa shape index (κ1) is 13.1. The van der Waals surface area contributed by atoms with E-state index in [-0.39, 0.29) is 5.97 Å². The second kappa shape index (κ2) is 5.10. The summed E-state index contributed by atoms with van der Waals surface area (Å²) >= 11 is 0. The maximum atomic E-state index is 11.8. The van der Waals surface area contributed by atoms with Crippen molar-refractivity contribution >= 4 is 5.97 Å². The van der Waals surface area contributed by atoms with Crippen LogP contribution in [0.25, 0.3) is 0 Å². The molecule has 100 valence electrons. The molecule has 1 aromatic heterocycles. The summed E-state index contributed by atoms with van der Waals surface area (Å²) in [5, 5.41) is 1.77. The summed E-state index contributed by atoms with van der Waals surface area (Å²) in [4.78, 5) is 24.6. The molecule has 1 N–H and O–H groups in total. The van der Waals surface area contributed by atoms with E-state index in [1.165, 1.54) is 0 Å². The van der Waals surface area contributed by atoms with Crippen LogP contribution in [0, 0.1) is 5.41 Å². The minimum Gasteiger partial charge on any atom is -0.367 e.